The summed E-state index contributed by atoms with van der Waals surface area (Å²) in [6, 6.07) is 20.7. The Balaban J connectivity index is 1.86. The van der Waals surface area contributed by atoms with Gasteiger partial charge in [0.2, 0.25) is 0 Å². The first kappa shape index (κ1) is 20.6. The van der Waals surface area contributed by atoms with Crippen LogP contribution in [0.15, 0.2) is 76.3 Å². The van der Waals surface area contributed by atoms with Crippen LogP contribution in [0.5, 0.6) is 5.75 Å². The van der Waals surface area contributed by atoms with Gasteiger partial charge in [-0.2, -0.15) is 0 Å². The average Bonchev–Trinajstić information content (AvgIpc) is 2.79. The Morgan fingerprint density at radius 1 is 1.03 bits per heavy atom. The van der Waals surface area contributed by atoms with Crippen LogP contribution < -0.4 is 4.74 Å². The molecule has 6 heteroatoms. The number of aliphatic imine (C=N–C) groups is 1. The summed E-state index contributed by atoms with van der Waals surface area (Å²) in [5.41, 5.74) is 4.17. The molecule has 1 aromatic heterocycles. The minimum atomic E-state index is 0.0342. The predicted molar refractivity (Wildman–Crippen MR) is 123 cm³/mol. The van der Waals surface area contributed by atoms with E-state index in [9.17, 15) is 0 Å². The number of pyridine rings is 1. The number of amidine groups is 1. The van der Waals surface area contributed by atoms with E-state index >= 15 is 0 Å². The summed E-state index contributed by atoms with van der Waals surface area (Å²) in [5, 5.41) is 0. The fraction of sp³-hybridized carbons (Fsp3) is 0.250. The summed E-state index contributed by atoms with van der Waals surface area (Å²) >= 11 is 3.64. The number of nitrogens with zero attached hydrogens (tertiary/aromatic N) is 3. The number of aromatic nitrogens is 1. The molecule has 30 heavy (non-hydrogen) atoms. The number of methoxy groups -OCH3 is 2. The molecule has 1 atom stereocenters. The molecule has 0 aliphatic carbocycles. The van der Waals surface area contributed by atoms with Crippen LogP contribution >= 0.6 is 15.9 Å². The summed E-state index contributed by atoms with van der Waals surface area (Å²) in [6.07, 6.45) is 2.62. The van der Waals surface area contributed by atoms with Crippen LogP contribution in [-0.2, 0) is 4.74 Å². The minimum Gasteiger partial charge on any atom is -0.495 e. The Hall–Kier alpha value is -2.70. The van der Waals surface area contributed by atoms with Gasteiger partial charge >= 0.3 is 0 Å². The van der Waals surface area contributed by atoms with E-state index in [-0.39, 0.29) is 6.04 Å². The molecule has 0 saturated carbocycles. The van der Waals surface area contributed by atoms with Crippen molar-refractivity contribution in [2.75, 3.05) is 27.4 Å². The average molecular weight is 466 g/mol. The largest absolute Gasteiger partial charge is 0.495 e. The Kier molecular flexibility index (Phi) is 6.45. The van der Waals surface area contributed by atoms with E-state index in [1.54, 1.807) is 20.4 Å². The van der Waals surface area contributed by atoms with E-state index < -0.39 is 0 Å². The molecular weight excluding hydrogens is 442 g/mol. The zero-order valence-electron chi connectivity index (χ0n) is 17.1. The van der Waals surface area contributed by atoms with Crippen LogP contribution in [0.3, 0.4) is 0 Å². The molecule has 0 saturated heterocycles. The predicted octanol–water partition coefficient (Wildman–Crippen LogP) is 5.37. The number of fused-ring (bicyclic) bond motifs is 1. The number of halogens is 1. The lowest BCUT2D eigenvalue weighted by atomic mass is 9.93. The number of hydrogen-bond acceptors (Lipinski definition) is 5. The molecule has 0 bridgehead atoms. The fourth-order valence-electron chi connectivity index (χ4n) is 3.76. The van der Waals surface area contributed by atoms with Crippen molar-refractivity contribution in [3.05, 3.63) is 88.2 Å². The maximum Gasteiger partial charge on any atom is 0.156 e. The summed E-state index contributed by atoms with van der Waals surface area (Å²) in [7, 11) is 3.38. The molecule has 3 aromatic rings. The zero-order chi connectivity index (χ0) is 20.9. The molecule has 2 aromatic carbocycles. The van der Waals surface area contributed by atoms with E-state index in [0.717, 1.165) is 40.4 Å². The van der Waals surface area contributed by atoms with Crippen molar-refractivity contribution >= 4 is 27.5 Å². The van der Waals surface area contributed by atoms with E-state index in [4.69, 9.17) is 14.5 Å². The van der Waals surface area contributed by atoms with Crippen LogP contribution in [-0.4, -0.2) is 43.1 Å². The highest BCUT2D eigenvalue weighted by Crippen LogP contribution is 2.41. The summed E-state index contributed by atoms with van der Waals surface area (Å²) in [4.78, 5) is 12.0. The molecule has 4 rings (SSSR count). The highest BCUT2D eigenvalue weighted by atomic mass is 79.9. The second-order valence-electron chi connectivity index (χ2n) is 7.07. The third-order valence-corrected chi connectivity index (χ3v) is 5.65. The molecule has 0 spiro atoms. The lowest BCUT2D eigenvalue weighted by molar-refractivity contribution is 0.182. The van der Waals surface area contributed by atoms with Gasteiger partial charge in [0.05, 0.1) is 25.0 Å². The highest BCUT2D eigenvalue weighted by molar-refractivity contribution is 9.10. The number of rotatable bonds is 7. The molecular formula is C24H24BrN3O2. The van der Waals surface area contributed by atoms with Crippen molar-refractivity contribution in [1.29, 1.82) is 0 Å². The molecule has 2 heterocycles. The van der Waals surface area contributed by atoms with Crippen molar-refractivity contribution in [3.8, 4) is 5.75 Å². The van der Waals surface area contributed by atoms with E-state index in [1.807, 2.05) is 24.3 Å². The van der Waals surface area contributed by atoms with Crippen LogP contribution in [0, 0.1) is 0 Å². The second-order valence-corrected chi connectivity index (χ2v) is 7.99. The van der Waals surface area contributed by atoms with Crippen molar-refractivity contribution in [1.82, 2.24) is 9.88 Å². The first-order chi connectivity index (χ1) is 14.7. The van der Waals surface area contributed by atoms with Gasteiger partial charge < -0.3 is 14.4 Å². The Labute approximate surface area is 185 Å². The topological polar surface area (TPSA) is 47.0 Å². The van der Waals surface area contributed by atoms with Gasteiger partial charge in [0.15, 0.2) is 5.84 Å². The summed E-state index contributed by atoms with van der Waals surface area (Å²) < 4.78 is 11.7. The monoisotopic (exact) mass is 465 g/mol. The quantitative estimate of drug-likeness (QED) is 0.439. The van der Waals surface area contributed by atoms with Crippen molar-refractivity contribution < 1.29 is 9.47 Å². The summed E-state index contributed by atoms with van der Waals surface area (Å²) in [6.45, 7) is 1.48. The molecule has 154 valence electrons. The SMILES string of the molecule is COCCCN1C(c2ccc(OC)cn2)=Nc2ccc(Br)cc2C1c1ccccc1. The van der Waals surface area contributed by atoms with Crippen LogP contribution in [0.25, 0.3) is 0 Å². The van der Waals surface area contributed by atoms with Crippen molar-refractivity contribution in [3.63, 3.8) is 0 Å². The standard InChI is InChI=1S/C24H24BrN3O2/c1-29-14-6-13-28-23(17-7-4-3-5-8-17)20-15-18(25)9-11-21(20)27-24(28)22-12-10-19(30-2)16-26-22/h3-5,7-12,15-16,23H,6,13-14H2,1-2H3. The highest BCUT2D eigenvalue weighted by Gasteiger charge is 2.32. The van der Waals surface area contributed by atoms with Gasteiger partial charge in [-0.15, -0.1) is 0 Å². The van der Waals surface area contributed by atoms with Crippen molar-refractivity contribution in [2.24, 2.45) is 4.99 Å². The molecule has 1 unspecified atom stereocenters. The first-order valence-electron chi connectivity index (χ1n) is 9.90. The van der Waals surface area contributed by atoms with E-state index in [1.165, 1.54) is 11.1 Å². The van der Waals surface area contributed by atoms with Gasteiger partial charge in [-0.1, -0.05) is 46.3 Å². The van der Waals surface area contributed by atoms with Gasteiger partial charge in [0.1, 0.15) is 11.4 Å². The lowest BCUT2D eigenvalue weighted by Crippen LogP contribution is -2.39. The molecule has 0 N–H and O–H groups in total. The van der Waals surface area contributed by atoms with Gasteiger partial charge in [-0.05, 0) is 42.3 Å². The molecule has 1 aliphatic heterocycles. The third kappa shape index (κ3) is 4.25. The van der Waals surface area contributed by atoms with Gasteiger partial charge in [0.25, 0.3) is 0 Å². The third-order valence-electron chi connectivity index (χ3n) is 5.16. The van der Waals surface area contributed by atoms with Crippen LogP contribution in [0.4, 0.5) is 5.69 Å². The number of hydrogen-bond donors (Lipinski definition) is 0. The summed E-state index contributed by atoms with van der Waals surface area (Å²) in [5.74, 6) is 1.59. The number of ether oxygens (including phenoxy) is 2. The molecule has 5 nitrogen and oxygen atoms in total. The Morgan fingerprint density at radius 3 is 2.57 bits per heavy atom. The van der Waals surface area contributed by atoms with Crippen LogP contribution in [0.1, 0.15) is 29.3 Å². The van der Waals surface area contributed by atoms with Gasteiger partial charge in [-0.25, -0.2) is 9.98 Å². The van der Waals surface area contributed by atoms with E-state index in [0.29, 0.717) is 6.61 Å². The zero-order valence-corrected chi connectivity index (χ0v) is 18.7. The van der Waals surface area contributed by atoms with Gasteiger partial charge in [-0.3, -0.25) is 0 Å². The Bertz CT molecular complexity index is 1020. The lowest BCUT2D eigenvalue weighted by Gasteiger charge is -2.38. The minimum absolute atomic E-state index is 0.0342. The smallest absolute Gasteiger partial charge is 0.156 e. The fourth-order valence-corrected chi connectivity index (χ4v) is 4.14. The second kappa shape index (κ2) is 9.41. The van der Waals surface area contributed by atoms with Crippen LogP contribution in [0.2, 0.25) is 0 Å². The van der Waals surface area contributed by atoms with E-state index in [2.05, 4.69) is 62.2 Å². The maximum absolute atomic E-state index is 5.33. The molecule has 1 aliphatic rings. The maximum atomic E-state index is 5.33. The molecule has 0 fully saturated rings. The molecule has 0 radical (unpaired) electrons. The van der Waals surface area contributed by atoms with Crippen molar-refractivity contribution in [2.45, 2.75) is 12.5 Å². The molecule has 0 amide bonds. The Morgan fingerprint density at radius 2 is 1.87 bits per heavy atom. The first-order valence-corrected chi connectivity index (χ1v) is 10.7. The number of benzene rings is 2. The normalized spacial score (nSPS) is 15.5. The van der Waals surface area contributed by atoms with Gasteiger partial charge in [0, 0.05) is 30.3 Å².